The lowest BCUT2D eigenvalue weighted by Crippen LogP contribution is -2.38. The van der Waals surface area contributed by atoms with Gasteiger partial charge >= 0.3 is 0 Å². The second-order valence-corrected chi connectivity index (χ2v) is 5.65. The number of nitrogens with one attached hydrogen (secondary N) is 2. The van der Waals surface area contributed by atoms with Crippen LogP contribution in [0.2, 0.25) is 0 Å². The van der Waals surface area contributed by atoms with Crippen LogP contribution in [0.3, 0.4) is 0 Å². The lowest BCUT2D eigenvalue weighted by atomic mass is 10.3. The molecule has 1 atom stereocenters. The van der Waals surface area contributed by atoms with Gasteiger partial charge in [0.1, 0.15) is 0 Å². The Morgan fingerprint density at radius 2 is 2.44 bits per heavy atom. The van der Waals surface area contributed by atoms with Gasteiger partial charge in [-0.25, -0.2) is 13.1 Å². The molecule has 2 N–H and O–H groups in total. The Hall–Kier alpha value is -0.440. The van der Waals surface area contributed by atoms with Gasteiger partial charge in [0.05, 0.1) is 12.8 Å². The summed E-state index contributed by atoms with van der Waals surface area (Å²) in [5, 5.41) is 6.78. The van der Waals surface area contributed by atoms with Gasteiger partial charge in [0.2, 0.25) is 0 Å². The Bertz CT molecular complexity index is 387. The molecule has 0 saturated carbocycles. The molecule has 1 rings (SSSR count). The average molecular weight is 312 g/mol. The molecule has 92 valence electrons. The van der Waals surface area contributed by atoms with E-state index in [1.54, 1.807) is 0 Å². The Kier molecular flexibility index (Phi) is 5.39. The highest BCUT2D eigenvalue weighted by atomic mass is 79.9. The summed E-state index contributed by atoms with van der Waals surface area (Å²) in [4.78, 5) is 0. The van der Waals surface area contributed by atoms with Gasteiger partial charge in [0.25, 0.3) is 10.0 Å². The second-order valence-electron chi connectivity index (χ2n) is 3.17. The first-order valence-corrected chi connectivity index (χ1v) is 7.27. The van der Waals surface area contributed by atoms with Gasteiger partial charge in [-0.15, -0.1) is 0 Å². The smallest absolute Gasteiger partial charge is 0.257 e. The Balaban J connectivity index is 2.70. The highest BCUT2D eigenvalue weighted by Gasteiger charge is 2.20. The van der Waals surface area contributed by atoms with E-state index in [0.29, 0.717) is 18.4 Å². The molecule has 1 aromatic heterocycles. The minimum atomic E-state index is -3.53. The molecule has 0 aliphatic rings. The first-order chi connectivity index (χ1) is 7.60. The van der Waals surface area contributed by atoms with Crippen molar-refractivity contribution in [1.29, 1.82) is 0 Å². The summed E-state index contributed by atoms with van der Waals surface area (Å²) in [6, 6.07) is 1.15. The molecule has 1 unspecified atom stereocenters. The third-order valence-corrected chi connectivity index (χ3v) is 3.82. The predicted molar refractivity (Wildman–Crippen MR) is 63.0 cm³/mol. The lowest BCUT2D eigenvalue weighted by Gasteiger charge is -2.15. The predicted octanol–water partition coefficient (Wildman–Crippen LogP) is 0.488. The highest BCUT2D eigenvalue weighted by molar-refractivity contribution is 9.09. The van der Waals surface area contributed by atoms with Crippen LogP contribution in [0.25, 0.3) is 0 Å². The molecule has 0 amide bonds. The van der Waals surface area contributed by atoms with Crippen LogP contribution in [0.4, 0.5) is 0 Å². The quantitative estimate of drug-likeness (QED) is 0.718. The van der Waals surface area contributed by atoms with E-state index in [0.717, 1.165) is 0 Å². The Labute approximate surface area is 103 Å². The minimum Gasteiger partial charge on any atom is -0.383 e. The summed E-state index contributed by atoms with van der Waals surface area (Å²) in [5.74, 6) is 0. The number of H-pyrrole nitrogens is 1. The Morgan fingerprint density at radius 3 is 2.94 bits per heavy atom. The number of ether oxygens (including phenoxy) is 1. The van der Waals surface area contributed by atoms with Gasteiger partial charge in [-0.2, -0.15) is 5.10 Å². The topological polar surface area (TPSA) is 84.1 Å². The third-order valence-electron chi connectivity index (χ3n) is 1.91. The number of methoxy groups -OCH3 is 1. The van der Waals surface area contributed by atoms with Crippen molar-refractivity contribution in [1.82, 2.24) is 14.9 Å². The third kappa shape index (κ3) is 3.85. The summed E-state index contributed by atoms with van der Waals surface area (Å²) >= 11 is 3.27. The van der Waals surface area contributed by atoms with Gasteiger partial charge in [0, 0.05) is 18.5 Å². The van der Waals surface area contributed by atoms with Crippen LogP contribution in [0.1, 0.15) is 6.42 Å². The molecular formula is C8H14BrN3O3S. The van der Waals surface area contributed by atoms with Crippen LogP contribution in [0.15, 0.2) is 17.3 Å². The zero-order chi connectivity index (χ0) is 12.0. The van der Waals surface area contributed by atoms with Crippen molar-refractivity contribution >= 4 is 26.0 Å². The number of sulfonamides is 1. The summed E-state index contributed by atoms with van der Waals surface area (Å²) in [6.45, 7) is 0.332. The number of aromatic nitrogens is 2. The van der Waals surface area contributed by atoms with Crippen LogP contribution in [0.5, 0.6) is 0 Å². The highest BCUT2D eigenvalue weighted by Crippen LogP contribution is 2.06. The van der Waals surface area contributed by atoms with Gasteiger partial charge in [-0.3, -0.25) is 5.10 Å². The largest absolute Gasteiger partial charge is 0.383 e. The van der Waals surface area contributed by atoms with E-state index in [1.807, 2.05) is 0 Å². The van der Waals surface area contributed by atoms with E-state index >= 15 is 0 Å². The summed E-state index contributed by atoms with van der Waals surface area (Å²) in [6.07, 6.45) is 2.05. The van der Waals surface area contributed by atoms with Crippen LogP contribution in [-0.4, -0.2) is 43.7 Å². The minimum absolute atomic E-state index is 0.0585. The second kappa shape index (κ2) is 6.33. The van der Waals surface area contributed by atoms with Crippen LogP contribution in [-0.2, 0) is 14.8 Å². The number of hydrogen-bond acceptors (Lipinski definition) is 4. The normalized spacial score (nSPS) is 13.9. The number of nitrogens with zero attached hydrogens (tertiary/aromatic N) is 1. The molecule has 0 saturated heterocycles. The van der Waals surface area contributed by atoms with E-state index in [9.17, 15) is 8.42 Å². The summed E-state index contributed by atoms with van der Waals surface area (Å²) < 4.78 is 31.1. The molecule has 0 aliphatic carbocycles. The monoisotopic (exact) mass is 311 g/mol. The first kappa shape index (κ1) is 13.6. The maximum Gasteiger partial charge on any atom is 0.257 e. The van der Waals surface area contributed by atoms with Crippen molar-refractivity contribution in [3.8, 4) is 0 Å². The molecule has 6 nitrogen and oxygen atoms in total. The van der Waals surface area contributed by atoms with E-state index in [2.05, 4.69) is 30.8 Å². The number of alkyl halides is 1. The van der Waals surface area contributed by atoms with Crippen molar-refractivity contribution < 1.29 is 13.2 Å². The molecule has 8 heteroatoms. The standard InChI is InChI=1S/C8H14BrN3O3S/c1-15-6-7(2-4-9)12-16(13,14)8-3-5-10-11-8/h3,5,7,12H,2,4,6H2,1H3,(H,10,11). The van der Waals surface area contributed by atoms with Gasteiger partial charge in [-0.1, -0.05) is 15.9 Å². The number of aromatic amines is 1. The maximum atomic E-state index is 11.8. The molecule has 0 fully saturated rings. The fourth-order valence-corrected chi connectivity index (χ4v) is 2.90. The molecule has 0 spiro atoms. The molecule has 16 heavy (non-hydrogen) atoms. The molecule has 0 aromatic carbocycles. The summed E-state index contributed by atoms with van der Waals surface area (Å²) in [5.41, 5.74) is 0. The van der Waals surface area contributed by atoms with E-state index < -0.39 is 10.0 Å². The zero-order valence-corrected chi connectivity index (χ0v) is 11.2. The maximum absolute atomic E-state index is 11.8. The number of rotatable bonds is 7. The van der Waals surface area contributed by atoms with Crippen molar-refractivity contribution in [3.05, 3.63) is 12.3 Å². The molecule has 0 radical (unpaired) electrons. The number of hydrogen-bond donors (Lipinski definition) is 2. The fourth-order valence-electron chi connectivity index (χ4n) is 1.18. The van der Waals surface area contributed by atoms with Gasteiger partial charge < -0.3 is 4.74 Å². The van der Waals surface area contributed by atoms with E-state index in [4.69, 9.17) is 4.74 Å². The summed E-state index contributed by atoms with van der Waals surface area (Å²) in [7, 11) is -2.00. The van der Waals surface area contributed by atoms with Gasteiger partial charge in [0.15, 0.2) is 5.03 Å². The van der Waals surface area contributed by atoms with E-state index in [1.165, 1.54) is 19.4 Å². The lowest BCUT2D eigenvalue weighted by molar-refractivity contribution is 0.173. The van der Waals surface area contributed by atoms with E-state index in [-0.39, 0.29) is 11.1 Å². The van der Waals surface area contributed by atoms with Crippen molar-refractivity contribution in [2.75, 3.05) is 19.0 Å². The van der Waals surface area contributed by atoms with Crippen LogP contribution < -0.4 is 4.72 Å². The molecular weight excluding hydrogens is 298 g/mol. The molecule has 1 heterocycles. The molecule has 0 bridgehead atoms. The first-order valence-electron chi connectivity index (χ1n) is 4.66. The van der Waals surface area contributed by atoms with Crippen LogP contribution >= 0.6 is 15.9 Å². The zero-order valence-electron chi connectivity index (χ0n) is 8.81. The van der Waals surface area contributed by atoms with Crippen molar-refractivity contribution in [2.24, 2.45) is 0 Å². The van der Waals surface area contributed by atoms with Crippen LogP contribution in [0, 0.1) is 0 Å². The Morgan fingerprint density at radius 1 is 1.69 bits per heavy atom. The van der Waals surface area contributed by atoms with Crippen molar-refractivity contribution in [3.63, 3.8) is 0 Å². The van der Waals surface area contributed by atoms with Crippen molar-refractivity contribution in [2.45, 2.75) is 17.5 Å². The van der Waals surface area contributed by atoms with Gasteiger partial charge in [-0.05, 0) is 12.5 Å². The molecule has 0 aliphatic heterocycles. The number of halogens is 1. The SMILES string of the molecule is COCC(CCBr)NS(=O)(=O)c1ccn[nH]1. The average Bonchev–Trinajstić information content (AvgIpc) is 2.71. The fraction of sp³-hybridized carbons (Fsp3) is 0.625. The molecule has 1 aromatic rings.